The van der Waals surface area contributed by atoms with Crippen LogP contribution >= 0.6 is 0 Å². The Bertz CT molecular complexity index is 500. The largest absolute Gasteiger partial charge is 0.383 e. The van der Waals surface area contributed by atoms with E-state index in [-0.39, 0.29) is 11.5 Å². The van der Waals surface area contributed by atoms with Gasteiger partial charge in [-0.3, -0.25) is 5.84 Å². The quantitative estimate of drug-likeness (QED) is 0.523. The van der Waals surface area contributed by atoms with Gasteiger partial charge in [0.1, 0.15) is 4.90 Å². The van der Waals surface area contributed by atoms with E-state index >= 15 is 0 Å². The predicted molar refractivity (Wildman–Crippen MR) is 70.5 cm³/mol. The number of hydrogen-bond donors (Lipinski definition) is 3. The van der Waals surface area contributed by atoms with Gasteiger partial charge in [-0.1, -0.05) is 12.1 Å². The molecule has 0 heterocycles. The summed E-state index contributed by atoms with van der Waals surface area (Å²) < 4.78 is 32.0. The summed E-state index contributed by atoms with van der Waals surface area (Å²) in [7, 11) is -2.14. The van der Waals surface area contributed by atoms with Crippen molar-refractivity contribution in [1.29, 1.82) is 0 Å². The van der Waals surface area contributed by atoms with Crippen LogP contribution in [0.3, 0.4) is 0 Å². The van der Waals surface area contributed by atoms with E-state index in [9.17, 15) is 8.42 Å². The van der Waals surface area contributed by atoms with Gasteiger partial charge >= 0.3 is 0 Å². The summed E-state index contributed by atoms with van der Waals surface area (Å²) in [6, 6.07) is 6.42. The van der Waals surface area contributed by atoms with E-state index in [2.05, 4.69) is 10.1 Å². The van der Waals surface area contributed by atoms with E-state index in [1.165, 1.54) is 13.2 Å². The highest BCUT2D eigenvalue weighted by atomic mass is 32.2. The number of para-hydroxylation sites is 1. The molecule has 1 rings (SSSR count). The molecule has 0 saturated heterocycles. The zero-order valence-corrected chi connectivity index (χ0v) is 11.5. The van der Waals surface area contributed by atoms with Crippen molar-refractivity contribution in [2.24, 2.45) is 5.84 Å². The van der Waals surface area contributed by atoms with Crippen molar-refractivity contribution in [2.45, 2.75) is 24.3 Å². The molecule has 7 heteroatoms. The van der Waals surface area contributed by atoms with Gasteiger partial charge < -0.3 is 10.2 Å². The van der Waals surface area contributed by atoms with Gasteiger partial charge in [0.15, 0.2) is 0 Å². The molecule has 0 aliphatic heterocycles. The van der Waals surface area contributed by atoms with Gasteiger partial charge in [-0.15, -0.1) is 0 Å². The Balaban J connectivity index is 3.07. The first kappa shape index (κ1) is 14.9. The summed E-state index contributed by atoms with van der Waals surface area (Å²) in [5, 5.41) is 0. The highest BCUT2D eigenvalue weighted by Crippen LogP contribution is 2.21. The second kappa shape index (κ2) is 5.66. The number of hydrazine groups is 1. The number of nitrogen functional groups attached to an aromatic ring is 1. The van der Waals surface area contributed by atoms with Gasteiger partial charge in [-0.05, 0) is 26.0 Å². The third kappa shape index (κ3) is 3.67. The first-order valence-electron chi connectivity index (χ1n) is 5.41. The number of rotatable bonds is 6. The zero-order valence-electron chi connectivity index (χ0n) is 10.7. The van der Waals surface area contributed by atoms with Crippen LogP contribution in [-0.2, 0) is 14.8 Å². The lowest BCUT2D eigenvalue weighted by Crippen LogP contribution is -2.46. The third-order valence-electron chi connectivity index (χ3n) is 2.25. The maximum absolute atomic E-state index is 12.2. The lowest BCUT2D eigenvalue weighted by molar-refractivity contribution is 0.141. The molecular formula is C11H19N3O3S. The SMILES string of the molecule is COCC(C)(C)NS(=O)(=O)c1ccccc1NN. The molecule has 4 N–H and O–H groups in total. The Hall–Kier alpha value is -1.15. The van der Waals surface area contributed by atoms with Gasteiger partial charge in [0.2, 0.25) is 10.0 Å². The van der Waals surface area contributed by atoms with Crippen molar-refractivity contribution in [3.05, 3.63) is 24.3 Å². The van der Waals surface area contributed by atoms with Gasteiger partial charge in [0, 0.05) is 7.11 Å². The van der Waals surface area contributed by atoms with Crippen LogP contribution in [0.5, 0.6) is 0 Å². The van der Waals surface area contributed by atoms with Crippen LogP contribution in [0.2, 0.25) is 0 Å². The van der Waals surface area contributed by atoms with Crippen LogP contribution in [0.15, 0.2) is 29.2 Å². The molecule has 0 aromatic heterocycles. The molecule has 6 nitrogen and oxygen atoms in total. The summed E-state index contributed by atoms with van der Waals surface area (Å²) in [4.78, 5) is 0.108. The molecule has 0 radical (unpaired) electrons. The molecule has 0 spiro atoms. The molecule has 0 fully saturated rings. The van der Waals surface area contributed by atoms with E-state index < -0.39 is 15.6 Å². The molecular weight excluding hydrogens is 254 g/mol. The minimum Gasteiger partial charge on any atom is -0.383 e. The molecule has 18 heavy (non-hydrogen) atoms. The number of anilines is 1. The summed E-state index contributed by atoms with van der Waals surface area (Å²) in [5.41, 5.74) is 2.02. The van der Waals surface area contributed by atoms with Crippen LogP contribution < -0.4 is 16.0 Å². The number of sulfonamides is 1. The Kier molecular flexibility index (Phi) is 4.69. The van der Waals surface area contributed by atoms with E-state index in [1.807, 2.05) is 0 Å². The van der Waals surface area contributed by atoms with Crippen LogP contribution in [0.4, 0.5) is 5.69 Å². The highest BCUT2D eigenvalue weighted by Gasteiger charge is 2.27. The number of nitrogens with two attached hydrogens (primary N) is 1. The minimum atomic E-state index is -3.66. The monoisotopic (exact) mass is 273 g/mol. The zero-order chi connectivity index (χ0) is 13.8. The minimum absolute atomic E-state index is 0.108. The fourth-order valence-electron chi connectivity index (χ4n) is 1.63. The van der Waals surface area contributed by atoms with Crippen LogP contribution in [0.25, 0.3) is 0 Å². The molecule has 0 unspecified atom stereocenters. The maximum Gasteiger partial charge on any atom is 0.243 e. The van der Waals surface area contributed by atoms with Crippen molar-refractivity contribution >= 4 is 15.7 Å². The smallest absolute Gasteiger partial charge is 0.243 e. The van der Waals surface area contributed by atoms with Crippen molar-refractivity contribution in [3.8, 4) is 0 Å². The summed E-state index contributed by atoms with van der Waals surface area (Å²) >= 11 is 0. The Labute approximate surface area is 108 Å². The van der Waals surface area contributed by atoms with Crippen molar-refractivity contribution < 1.29 is 13.2 Å². The second-order valence-electron chi connectivity index (χ2n) is 4.56. The summed E-state index contributed by atoms with van der Waals surface area (Å²) in [6.07, 6.45) is 0. The van der Waals surface area contributed by atoms with Crippen molar-refractivity contribution in [2.75, 3.05) is 19.1 Å². The Morgan fingerprint density at radius 1 is 1.33 bits per heavy atom. The Morgan fingerprint density at radius 3 is 2.50 bits per heavy atom. The van der Waals surface area contributed by atoms with Gasteiger partial charge in [0.25, 0.3) is 0 Å². The highest BCUT2D eigenvalue weighted by molar-refractivity contribution is 7.89. The predicted octanol–water partition coefficient (Wildman–Crippen LogP) is 0.675. The van der Waals surface area contributed by atoms with Crippen LogP contribution in [-0.4, -0.2) is 27.7 Å². The standard InChI is InChI=1S/C11H19N3O3S/c1-11(2,8-17-3)14-18(15,16)10-7-5-4-6-9(10)13-12/h4-7,13-14H,8,12H2,1-3H3. The lowest BCUT2D eigenvalue weighted by atomic mass is 10.1. The number of methoxy groups -OCH3 is 1. The average Bonchev–Trinajstić information content (AvgIpc) is 2.27. The van der Waals surface area contributed by atoms with E-state index in [0.29, 0.717) is 5.69 Å². The molecule has 1 aromatic rings. The van der Waals surface area contributed by atoms with Crippen LogP contribution in [0, 0.1) is 0 Å². The maximum atomic E-state index is 12.2. The molecule has 0 bridgehead atoms. The van der Waals surface area contributed by atoms with Gasteiger partial charge in [-0.2, -0.15) is 0 Å². The lowest BCUT2D eigenvalue weighted by Gasteiger charge is -2.25. The van der Waals surface area contributed by atoms with E-state index in [1.54, 1.807) is 32.0 Å². The molecule has 102 valence electrons. The summed E-state index contributed by atoms with van der Waals surface area (Å²) in [5.74, 6) is 5.30. The molecule has 0 amide bonds. The molecule has 0 atom stereocenters. The normalized spacial score (nSPS) is 12.4. The first-order chi connectivity index (χ1) is 8.32. The van der Waals surface area contributed by atoms with E-state index in [0.717, 1.165) is 0 Å². The number of ether oxygens (including phenoxy) is 1. The van der Waals surface area contributed by atoms with Gasteiger partial charge in [-0.25, -0.2) is 13.1 Å². The third-order valence-corrected chi connectivity index (χ3v) is 4.00. The average molecular weight is 273 g/mol. The molecule has 1 aromatic carbocycles. The molecule has 0 aliphatic rings. The van der Waals surface area contributed by atoms with Crippen molar-refractivity contribution in [1.82, 2.24) is 4.72 Å². The topological polar surface area (TPSA) is 93.4 Å². The number of hydrogen-bond acceptors (Lipinski definition) is 5. The van der Waals surface area contributed by atoms with Crippen LogP contribution in [0.1, 0.15) is 13.8 Å². The van der Waals surface area contributed by atoms with Crippen molar-refractivity contribution in [3.63, 3.8) is 0 Å². The first-order valence-corrected chi connectivity index (χ1v) is 6.89. The molecule has 0 saturated carbocycles. The molecule has 0 aliphatic carbocycles. The number of nitrogens with one attached hydrogen (secondary N) is 2. The fraction of sp³-hybridized carbons (Fsp3) is 0.455. The Morgan fingerprint density at radius 2 is 1.94 bits per heavy atom. The second-order valence-corrected chi connectivity index (χ2v) is 6.21. The fourth-order valence-corrected chi connectivity index (χ4v) is 3.20. The summed E-state index contributed by atoms with van der Waals surface area (Å²) in [6.45, 7) is 3.75. The van der Waals surface area contributed by atoms with E-state index in [4.69, 9.17) is 10.6 Å². The van der Waals surface area contributed by atoms with Gasteiger partial charge in [0.05, 0.1) is 17.8 Å². The number of benzene rings is 1.